The maximum atomic E-state index is 14.1. The van der Waals surface area contributed by atoms with Gasteiger partial charge in [0.05, 0.1) is 45.9 Å². The third-order valence-corrected chi connectivity index (χ3v) is 4.50. The molecule has 186 valence electrons. The summed E-state index contributed by atoms with van der Waals surface area (Å²) in [6.45, 7) is 0.792. The number of benzene rings is 2. The van der Waals surface area contributed by atoms with Crippen LogP contribution in [0.15, 0.2) is 35.6 Å². The molecule has 2 aromatic carbocycles. The number of aliphatic hydroxyl groups excluding tert-OH is 2. The predicted molar refractivity (Wildman–Crippen MR) is 117 cm³/mol. The van der Waals surface area contributed by atoms with E-state index in [1.807, 2.05) is 0 Å². The number of ether oxygens (including phenoxy) is 3. The summed E-state index contributed by atoms with van der Waals surface area (Å²) in [5.41, 5.74) is 8.43. The van der Waals surface area contributed by atoms with E-state index in [1.54, 1.807) is 6.92 Å². The summed E-state index contributed by atoms with van der Waals surface area (Å²) in [6, 6.07) is 5.62. The number of aromatic nitrogens is 3. The summed E-state index contributed by atoms with van der Waals surface area (Å²) in [4.78, 5) is 14.0. The molecule has 2 N–H and O–H groups in total. The molecule has 1 heterocycles. The minimum Gasteiger partial charge on any atom is -0.494 e. The zero-order valence-corrected chi connectivity index (χ0v) is 19.0. The van der Waals surface area contributed by atoms with Crippen molar-refractivity contribution in [1.82, 2.24) is 15.0 Å². The quantitative estimate of drug-likeness (QED) is 0.209. The van der Waals surface area contributed by atoms with Crippen molar-refractivity contribution in [1.29, 1.82) is 0 Å². The van der Waals surface area contributed by atoms with Crippen LogP contribution in [0.25, 0.3) is 16.1 Å². The summed E-state index contributed by atoms with van der Waals surface area (Å²) < 4.78 is 43.0. The van der Waals surface area contributed by atoms with Crippen molar-refractivity contribution in [2.24, 2.45) is 5.11 Å². The van der Waals surface area contributed by atoms with Gasteiger partial charge in [-0.2, -0.15) is 0 Å². The van der Waals surface area contributed by atoms with Crippen molar-refractivity contribution in [2.75, 3.05) is 20.8 Å². The first-order chi connectivity index (χ1) is 16.9. The normalized spacial score (nSPS) is 10.0. The van der Waals surface area contributed by atoms with Gasteiger partial charge in [0, 0.05) is 21.7 Å². The van der Waals surface area contributed by atoms with Crippen molar-refractivity contribution in [2.45, 2.75) is 20.1 Å². The first-order valence-electron chi connectivity index (χ1n) is 9.94. The second-order valence-electron chi connectivity index (χ2n) is 6.43. The molecule has 0 unspecified atom stereocenters. The number of azide groups is 1. The molecule has 3 rings (SSSR count). The Labute approximate surface area is 197 Å². The number of rotatable bonds is 8. The van der Waals surface area contributed by atoms with Crippen LogP contribution in [0.3, 0.4) is 0 Å². The van der Waals surface area contributed by atoms with E-state index in [9.17, 15) is 18.7 Å². The van der Waals surface area contributed by atoms with Crippen LogP contribution >= 0.6 is 0 Å². The number of aliphatic hydroxyl groups is 2. The molecule has 0 fully saturated rings. The van der Waals surface area contributed by atoms with Gasteiger partial charge in [-0.1, -0.05) is 10.3 Å². The molecular formula is C21H22F2N6O6. The van der Waals surface area contributed by atoms with Crippen LogP contribution in [0.4, 0.5) is 14.5 Å². The van der Waals surface area contributed by atoms with Crippen LogP contribution in [0.5, 0.6) is 11.5 Å². The molecule has 12 nitrogen and oxygen atoms in total. The molecule has 0 aliphatic rings. The lowest BCUT2D eigenvalue weighted by Crippen LogP contribution is -2.05. The third kappa shape index (κ3) is 6.20. The van der Waals surface area contributed by atoms with Gasteiger partial charge in [-0.25, -0.2) is 18.3 Å². The molecule has 0 saturated carbocycles. The average molecular weight is 492 g/mol. The minimum absolute atomic E-state index is 0.00281. The fourth-order valence-electron chi connectivity index (χ4n) is 2.83. The Balaban J connectivity index is 0.000000269. The molecule has 0 spiro atoms. The number of carbonyl (C=O) groups is 1. The van der Waals surface area contributed by atoms with Gasteiger partial charge in [0.2, 0.25) is 0 Å². The van der Waals surface area contributed by atoms with Crippen LogP contribution in [-0.4, -0.2) is 52.0 Å². The number of hydrogen-bond acceptors (Lipinski definition) is 9. The van der Waals surface area contributed by atoms with E-state index in [2.05, 4.69) is 20.3 Å². The number of methoxy groups -OCH3 is 2. The highest BCUT2D eigenvalue weighted by atomic mass is 19.1. The second-order valence-corrected chi connectivity index (χ2v) is 6.43. The van der Waals surface area contributed by atoms with Gasteiger partial charge in [-0.15, -0.1) is 5.10 Å². The van der Waals surface area contributed by atoms with Crippen LogP contribution in [0, 0.1) is 11.6 Å². The fraction of sp³-hybridized carbons (Fsp3) is 0.286. The van der Waals surface area contributed by atoms with Crippen LogP contribution in [0.2, 0.25) is 0 Å². The van der Waals surface area contributed by atoms with Gasteiger partial charge in [-0.05, 0) is 36.7 Å². The van der Waals surface area contributed by atoms with Gasteiger partial charge >= 0.3 is 5.97 Å². The maximum absolute atomic E-state index is 14.1. The van der Waals surface area contributed by atoms with E-state index < -0.39 is 30.8 Å². The van der Waals surface area contributed by atoms with Crippen molar-refractivity contribution in [3.8, 4) is 17.2 Å². The van der Waals surface area contributed by atoms with Gasteiger partial charge < -0.3 is 24.4 Å². The minimum atomic E-state index is -0.708. The second kappa shape index (κ2) is 12.8. The monoisotopic (exact) mass is 492 g/mol. The predicted octanol–water partition coefficient (Wildman–Crippen LogP) is 3.35. The standard InChI is InChI=1S/C13H14FN3O4.C8H8FN3O2/c1-3-21-13(19)9-6-17(16-15-9)10-4-5-11(20-2)12(14)8(10)7-18;1-14-7-3-2-6(11-12-10)5(4-13)8(7)9/h4-6,18H,3,7H2,1-2H3;2-3,13H,4H2,1H3. The SMILES string of the molecule is CCOC(=O)c1cn(-c2ccc(OC)c(F)c2CO)nn1.COc1ccc(N=[N+]=[N-])c(CO)c1F. The van der Waals surface area contributed by atoms with Crippen molar-refractivity contribution >= 4 is 11.7 Å². The van der Waals surface area contributed by atoms with Crippen molar-refractivity contribution in [3.63, 3.8) is 0 Å². The fourth-order valence-corrected chi connectivity index (χ4v) is 2.83. The van der Waals surface area contributed by atoms with E-state index in [0.29, 0.717) is 0 Å². The van der Waals surface area contributed by atoms with Crippen LogP contribution in [-0.2, 0) is 18.0 Å². The van der Waals surface area contributed by atoms with E-state index in [0.717, 1.165) is 0 Å². The van der Waals surface area contributed by atoms with Crippen molar-refractivity contribution < 1.29 is 38.0 Å². The van der Waals surface area contributed by atoms with Crippen LogP contribution in [0.1, 0.15) is 28.5 Å². The van der Waals surface area contributed by atoms with E-state index in [1.165, 1.54) is 49.4 Å². The van der Waals surface area contributed by atoms with E-state index in [-0.39, 0.29) is 46.3 Å². The Bertz CT molecular complexity index is 1230. The molecule has 35 heavy (non-hydrogen) atoms. The Morgan fingerprint density at radius 3 is 2.23 bits per heavy atom. The molecule has 0 amide bonds. The summed E-state index contributed by atoms with van der Waals surface area (Å²) in [7, 11) is 2.64. The number of halogens is 2. The maximum Gasteiger partial charge on any atom is 0.360 e. The molecule has 0 aliphatic carbocycles. The molecular weight excluding hydrogens is 470 g/mol. The molecule has 1 aromatic heterocycles. The molecule has 0 bridgehead atoms. The number of hydrogen-bond donors (Lipinski definition) is 2. The van der Waals surface area contributed by atoms with E-state index in [4.69, 9.17) is 24.8 Å². The summed E-state index contributed by atoms with van der Waals surface area (Å²) in [5, 5.41) is 28.8. The Kier molecular flexibility index (Phi) is 9.90. The zero-order valence-electron chi connectivity index (χ0n) is 19.0. The summed E-state index contributed by atoms with van der Waals surface area (Å²) >= 11 is 0. The van der Waals surface area contributed by atoms with Crippen molar-refractivity contribution in [3.05, 3.63) is 69.4 Å². The van der Waals surface area contributed by atoms with Gasteiger partial charge in [0.25, 0.3) is 0 Å². The Morgan fingerprint density at radius 1 is 1.09 bits per heavy atom. The molecule has 0 atom stereocenters. The first-order valence-corrected chi connectivity index (χ1v) is 9.94. The zero-order chi connectivity index (χ0) is 26.0. The number of esters is 1. The van der Waals surface area contributed by atoms with Gasteiger partial charge in [0.15, 0.2) is 28.8 Å². The molecule has 0 saturated heterocycles. The largest absolute Gasteiger partial charge is 0.494 e. The lowest BCUT2D eigenvalue weighted by molar-refractivity contribution is 0.0519. The third-order valence-electron chi connectivity index (χ3n) is 4.50. The molecule has 0 radical (unpaired) electrons. The topological polar surface area (TPSA) is 165 Å². The van der Waals surface area contributed by atoms with Gasteiger partial charge in [0.1, 0.15) is 0 Å². The lowest BCUT2D eigenvalue weighted by Gasteiger charge is -2.10. The van der Waals surface area contributed by atoms with Gasteiger partial charge in [-0.3, -0.25) is 0 Å². The Hall–Kier alpha value is -4.26. The van der Waals surface area contributed by atoms with E-state index >= 15 is 0 Å². The lowest BCUT2D eigenvalue weighted by atomic mass is 10.1. The Morgan fingerprint density at radius 2 is 1.69 bits per heavy atom. The summed E-state index contributed by atoms with van der Waals surface area (Å²) in [5.74, 6) is -2.01. The first kappa shape index (κ1) is 27.0. The average Bonchev–Trinajstić information content (AvgIpc) is 3.35. The highest BCUT2D eigenvalue weighted by Gasteiger charge is 2.18. The smallest absolute Gasteiger partial charge is 0.360 e. The molecule has 14 heteroatoms. The number of carbonyl (C=O) groups excluding carboxylic acids is 1. The highest BCUT2D eigenvalue weighted by molar-refractivity contribution is 5.86. The highest BCUT2D eigenvalue weighted by Crippen LogP contribution is 2.29. The summed E-state index contributed by atoms with van der Waals surface area (Å²) in [6.07, 6.45) is 1.30. The van der Waals surface area contributed by atoms with Crippen LogP contribution < -0.4 is 9.47 Å². The molecule has 0 aliphatic heterocycles. The molecule has 3 aromatic rings. The number of nitrogens with zero attached hydrogens (tertiary/aromatic N) is 6.